The summed E-state index contributed by atoms with van der Waals surface area (Å²) < 4.78 is 0. The second-order valence-electron chi connectivity index (χ2n) is 2.05. The molecule has 0 aromatic carbocycles. The molecule has 0 amide bonds. The zero-order valence-electron chi connectivity index (χ0n) is 5.92. The number of hydrogen-bond donors (Lipinski definition) is 3. The van der Waals surface area contributed by atoms with Crippen molar-refractivity contribution in [1.82, 2.24) is 5.32 Å². The van der Waals surface area contributed by atoms with Gasteiger partial charge in [-0.25, -0.2) is 4.79 Å². The number of nitrogens with one attached hydrogen (secondary N) is 1. The van der Waals surface area contributed by atoms with E-state index in [0.29, 0.717) is 5.70 Å². The van der Waals surface area contributed by atoms with Crippen molar-refractivity contribution >= 4 is 5.97 Å². The lowest BCUT2D eigenvalue weighted by Crippen LogP contribution is -2.41. The summed E-state index contributed by atoms with van der Waals surface area (Å²) in [5.74, 6) is -0.953. The van der Waals surface area contributed by atoms with Gasteiger partial charge in [0, 0.05) is 12.2 Å². The molecule has 0 saturated heterocycles. The van der Waals surface area contributed by atoms with Gasteiger partial charge in [-0.15, -0.1) is 0 Å². The van der Waals surface area contributed by atoms with Crippen molar-refractivity contribution < 1.29 is 9.90 Å². The molecule has 0 spiro atoms. The third kappa shape index (κ3) is 3.09. The highest BCUT2D eigenvalue weighted by Crippen LogP contribution is 1.85. The molecule has 0 radical (unpaired) electrons. The number of rotatable bonds is 4. The standard InChI is InChI=1S/C6H12N2O2/c1-4(2)8-5(3-7)6(9)10/h5,8H,1,3,7H2,2H3,(H,9,10). The Bertz CT molecular complexity index is 145. The van der Waals surface area contributed by atoms with Gasteiger partial charge in [-0.2, -0.15) is 0 Å². The van der Waals surface area contributed by atoms with E-state index in [-0.39, 0.29) is 6.54 Å². The van der Waals surface area contributed by atoms with Crippen molar-refractivity contribution in [3.05, 3.63) is 12.3 Å². The predicted octanol–water partition coefficient (Wildman–Crippen LogP) is -0.478. The van der Waals surface area contributed by atoms with Crippen LogP contribution in [0, 0.1) is 0 Å². The predicted molar refractivity (Wildman–Crippen MR) is 38.4 cm³/mol. The van der Waals surface area contributed by atoms with Gasteiger partial charge in [0.2, 0.25) is 0 Å². The van der Waals surface area contributed by atoms with Gasteiger partial charge in [-0.3, -0.25) is 0 Å². The van der Waals surface area contributed by atoms with Crippen LogP contribution >= 0.6 is 0 Å². The van der Waals surface area contributed by atoms with Crippen LogP contribution in [-0.2, 0) is 4.79 Å². The number of nitrogens with two attached hydrogens (primary N) is 1. The summed E-state index contributed by atoms with van der Waals surface area (Å²) in [4.78, 5) is 10.3. The molecule has 0 aromatic rings. The molecular weight excluding hydrogens is 132 g/mol. The maximum absolute atomic E-state index is 10.3. The zero-order chi connectivity index (χ0) is 8.15. The number of allylic oxidation sites excluding steroid dienone is 1. The number of carboxylic acids is 1. The molecule has 4 heteroatoms. The first-order valence-electron chi connectivity index (χ1n) is 2.93. The lowest BCUT2D eigenvalue weighted by atomic mass is 10.3. The SMILES string of the molecule is C=C(C)NC(CN)C(=O)O. The number of carbonyl (C=O) groups is 1. The molecule has 4 N–H and O–H groups in total. The Morgan fingerprint density at radius 2 is 2.40 bits per heavy atom. The average Bonchev–Trinajstić information content (AvgIpc) is 1.81. The summed E-state index contributed by atoms with van der Waals surface area (Å²) in [6.45, 7) is 5.25. The number of carboxylic acid groups (broad SMARTS) is 1. The average molecular weight is 144 g/mol. The third-order valence-electron chi connectivity index (χ3n) is 0.954. The minimum absolute atomic E-state index is 0.0716. The molecule has 1 atom stereocenters. The Hall–Kier alpha value is -1.03. The van der Waals surface area contributed by atoms with Crippen LogP contribution in [0.5, 0.6) is 0 Å². The molecule has 0 rings (SSSR count). The molecular formula is C6H12N2O2. The highest BCUT2D eigenvalue weighted by atomic mass is 16.4. The lowest BCUT2D eigenvalue weighted by Gasteiger charge is -2.11. The van der Waals surface area contributed by atoms with Gasteiger partial charge in [0.25, 0.3) is 0 Å². The Morgan fingerprint density at radius 3 is 2.50 bits per heavy atom. The first kappa shape index (κ1) is 8.97. The van der Waals surface area contributed by atoms with E-state index in [2.05, 4.69) is 11.9 Å². The first-order valence-corrected chi connectivity index (χ1v) is 2.93. The molecule has 0 heterocycles. The van der Waals surface area contributed by atoms with E-state index in [1.54, 1.807) is 6.92 Å². The van der Waals surface area contributed by atoms with Crippen LogP contribution in [0.3, 0.4) is 0 Å². The van der Waals surface area contributed by atoms with E-state index >= 15 is 0 Å². The van der Waals surface area contributed by atoms with E-state index in [4.69, 9.17) is 10.8 Å². The quantitative estimate of drug-likeness (QED) is 0.498. The summed E-state index contributed by atoms with van der Waals surface area (Å²) in [5, 5.41) is 11.0. The Morgan fingerprint density at radius 1 is 1.90 bits per heavy atom. The largest absolute Gasteiger partial charge is 0.480 e. The molecule has 0 aliphatic rings. The molecule has 4 nitrogen and oxygen atoms in total. The minimum atomic E-state index is -0.953. The van der Waals surface area contributed by atoms with Gasteiger partial charge in [0.1, 0.15) is 6.04 Å². The van der Waals surface area contributed by atoms with Crippen molar-refractivity contribution in [3.63, 3.8) is 0 Å². The van der Waals surface area contributed by atoms with Crippen molar-refractivity contribution in [3.8, 4) is 0 Å². The normalized spacial score (nSPS) is 12.2. The highest BCUT2D eigenvalue weighted by molar-refractivity contribution is 5.74. The second kappa shape index (κ2) is 3.90. The third-order valence-corrected chi connectivity index (χ3v) is 0.954. The smallest absolute Gasteiger partial charge is 0.327 e. The fourth-order valence-electron chi connectivity index (χ4n) is 0.519. The molecule has 0 saturated carbocycles. The van der Waals surface area contributed by atoms with Crippen LogP contribution in [0.1, 0.15) is 6.92 Å². The van der Waals surface area contributed by atoms with Gasteiger partial charge in [-0.1, -0.05) is 6.58 Å². The fraction of sp³-hybridized carbons (Fsp3) is 0.500. The van der Waals surface area contributed by atoms with E-state index in [1.807, 2.05) is 0 Å². The molecule has 10 heavy (non-hydrogen) atoms. The summed E-state index contributed by atoms with van der Waals surface area (Å²) in [5.41, 5.74) is 5.75. The van der Waals surface area contributed by atoms with Gasteiger partial charge in [0.05, 0.1) is 0 Å². The summed E-state index contributed by atoms with van der Waals surface area (Å²) >= 11 is 0. The van der Waals surface area contributed by atoms with Crippen LogP contribution < -0.4 is 11.1 Å². The topological polar surface area (TPSA) is 75.3 Å². The number of hydrogen-bond acceptors (Lipinski definition) is 3. The van der Waals surface area contributed by atoms with Gasteiger partial charge >= 0.3 is 5.97 Å². The first-order chi connectivity index (χ1) is 4.57. The van der Waals surface area contributed by atoms with Crippen molar-refractivity contribution in [1.29, 1.82) is 0 Å². The maximum atomic E-state index is 10.3. The second-order valence-corrected chi connectivity index (χ2v) is 2.05. The van der Waals surface area contributed by atoms with E-state index in [0.717, 1.165) is 0 Å². The van der Waals surface area contributed by atoms with Gasteiger partial charge in [-0.05, 0) is 6.92 Å². The molecule has 0 bridgehead atoms. The molecule has 0 aliphatic heterocycles. The van der Waals surface area contributed by atoms with Crippen LogP contribution in [0.25, 0.3) is 0 Å². The Labute approximate surface area is 59.7 Å². The van der Waals surface area contributed by atoms with Crippen LogP contribution in [0.2, 0.25) is 0 Å². The molecule has 0 fully saturated rings. The minimum Gasteiger partial charge on any atom is -0.480 e. The molecule has 0 aromatic heterocycles. The van der Waals surface area contributed by atoms with E-state index < -0.39 is 12.0 Å². The van der Waals surface area contributed by atoms with Gasteiger partial charge < -0.3 is 16.2 Å². The maximum Gasteiger partial charge on any atom is 0.327 e. The Balaban J connectivity index is 3.83. The molecule has 0 aliphatic carbocycles. The molecule has 1 unspecified atom stereocenters. The van der Waals surface area contributed by atoms with Gasteiger partial charge in [0.15, 0.2) is 0 Å². The highest BCUT2D eigenvalue weighted by Gasteiger charge is 2.12. The number of aliphatic carboxylic acids is 1. The van der Waals surface area contributed by atoms with Crippen LogP contribution in [0.4, 0.5) is 0 Å². The fourth-order valence-corrected chi connectivity index (χ4v) is 0.519. The van der Waals surface area contributed by atoms with Crippen LogP contribution in [0.15, 0.2) is 12.3 Å². The van der Waals surface area contributed by atoms with E-state index in [9.17, 15) is 4.79 Å². The van der Waals surface area contributed by atoms with Crippen LogP contribution in [-0.4, -0.2) is 23.7 Å². The Kier molecular flexibility index (Phi) is 3.49. The summed E-state index contributed by atoms with van der Waals surface area (Å²) in [7, 11) is 0. The van der Waals surface area contributed by atoms with Crippen molar-refractivity contribution in [2.75, 3.05) is 6.54 Å². The zero-order valence-corrected chi connectivity index (χ0v) is 5.92. The lowest BCUT2D eigenvalue weighted by molar-refractivity contribution is -0.138. The molecule has 58 valence electrons. The van der Waals surface area contributed by atoms with E-state index in [1.165, 1.54) is 0 Å². The van der Waals surface area contributed by atoms with Crippen molar-refractivity contribution in [2.45, 2.75) is 13.0 Å². The monoisotopic (exact) mass is 144 g/mol. The van der Waals surface area contributed by atoms with Crippen molar-refractivity contribution in [2.24, 2.45) is 5.73 Å². The summed E-state index contributed by atoms with van der Waals surface area (Å²) in [6, 6.07) is -0.711. The summed E-state index contributed by atoms with van der Waals surface area (Å²) in [6.07, 6.45) is 0.